The second-order valence-corrected chi connectivity index (χ2v) is 9.60. The van der Waals surface area contributed by atoms with Crippen LogP contribution < -0.4 is 0 Å². The Morgan fingerprint density at radius 1 is 0.943 bits per heavy atom. The van der Waals surface area contributed by atoms with Gasteiger partial charge in [0.15, 0.2) is 0 Å². The molecule has 5 heteroatoms. The van der Waals surface area contributed by atoms with Gasteiger partial charge in [-0.25, -0.2) is 0 Å². The first-order valence-corrected chi connectivity index (χ1v) is 12.5. The van der Waals surface area contributed by atoms with Crippen LogP contribution in [0.15, 0.2) is 78.9 Å². The predicted octanol–water partition coefficient (Wildman–Crippen LogP) is 4.22. The summed E-state index contributed by atoms with van der Waals surface area (Å²) in [6.45, 7) is 2.57. The molecule has 3 aromatic rings. The van der Waals surface area contributed by atoms with Crippen LogP contribution in [0.2, 0.25) is 0 Å². The lowest BCUT2D eigenvalue weighted by molar-refractivity contribution is -0.135. The number of hydrogen-bond donors (Lipinski definition) is 1. The molecule has 0 aromatic heterocycles. The van der Waals surface area contributed by atoms with E-state index in [4.69, 9.17) is 0 Å². The van der Waals surface area contributed by atoms with E-state index >= 15 is 0 Å². The van der Waals surface area contributed by atoms with E-state index in [-0.39, 0.29) is 30.5 Å². The number of rotatable bonds is 5. The molecule has 2 saturated heterocycles. The average molecular weight is 466 g/mol. The molecule has 5 nitrogen and oxygen atoms in total. The number of carbonyl (C=O) groups is 1. The third-order valence-electron chi connectivity index (χ3n) is 7.54. The van der Waals surface area contributed by atoms with Crippen molar-refractivity contribution in [1.29, 1.82) is 5.26 Å². The average Bonchev–Trinajstić information content (AvgIpc) is 2.88. The van der Waals surface area contributed by atoms with Crippen molar-refractivity contribution in [2.75, 3.05) is 26.2 Å². The number of fused-ring (bicyclic) bond motifs is 1. The SMILES string of the molecule is N#Cc1cccc(-c2ccc([C@H]3[C@@H](CO)N4CCCCN(C(=O)Cc5ccccc5)C[C@H]34)cc2)c1. The summed E-state index contributed by atoms with van der Waals surface area (Å²) < 4.78 is 0. The highest BCUT2D eigenvalue weighted by atomic mass is 16.3. The van der Waals surface area contributed by atoms with Crippen molar-refractivity contribution < 1.29 is 9.90 Å². The fourth-order valence-electron chi connectivity index (χ4n) is 5.72. The number of amides is 1. The molecule has 1 N–H and O–H groups in total. The fourth-order valence-corrected chi connectivity index (χ4v) is 5.72. The lowest BCUT2D eigenvalue weighted by Crippen LogP contribution is -2.68. The summed E-state index contributed by atoms with van der Waals surface area (Å²) in [7, 11) is 0. The number of carbonyl (C=O) groups excluding carboxylic acids is 1. The molecule has 5 rings (SSSR count). The van der Waals surface area contributed by atoms with E-state index in [9.17, 15) is 15.2 Å². The van der Waals surface area contributed by atoms with Gasteiger partial charge in [-0.1, -0.05) is 66.7 Å². The third-order valence-corrected chi connectivity index (χ3v) is 7.54. The van der Waals surface area contributed by atoms with Crippen molar-refractivity contribution >= 4 is 5.91 Å². The Hall–Kier alpha value is -3.46. The number of aliphatic hydroxyl groups excluding tert-OH is 1. The van der Waals surface area contributed by atoms with Crippen LogP contribution in [0.3, 0.4) is 0 Å². The number of aliphatic hydroxyl groups is 1. The van der Waals surface area contributed by atoms with Gasteiger partial charge in [-0.3, -0.25) is 9.69 Å². The molecule has 2 heterocycles. The number of nitrogens with zero attached hydrogens (tertiary/aromatic N) is 3. The quantitative estimate of drug-likeness (QED) is 0.613. The van der Waals surface area contributed by atoms with E-state index in [0.717, 1.165) is 42.6 Å². The summed E-state index contributed by atoms with van der Waals surface area (Å²) in [5, 5.41) is 19.4. The van der Waals surface area contributed by atoms with Gasteiger partial charge in [-0.05, 0) is 53.8 Å². The molecule has 1 amide bonds. The summed E-state index contributed by atoms with van der Waals surface area (Å²) in [5.74, 6) is 0.363. The second-order valence-electron chi connectivity index (χ2n) is 9.60. The monoisotopic (exact) mass is 465 g/mol. The maximum atomic E-state index is 13.2. The van der Waals surface area contributed by atoms with Crippen molar-refractivity contribution in [3.63, 3.8) is 0 Å². The number of nitriles is 1. The lowest BCUT2D eigenvalue weighted by Gasteiger charge is -2.57. The molecule has 0 unspecified atom stereocenters. The molecular formula is C30H31N3O2. The van der Waals surface area contributed by atoms with Crippen molar-refractivity contribution in [1.82, 2.24) is 9.80 Å². The van der Waals surface area contributed by atoms with Crippen LogP contribution in [-0.2, 0) is 11.2 Å². The summed E-state index contributed by atoms with van der Waals surface area (Å²) >= 11 is 0. The van der Waals surface area contributed by atoms with Crippen LogP contribution in [0.4, 0.5) is 0 Å². The molecule has 2 fully saturated rings. The highest BCUT2D eigenvalue weighted by molar-refractivity contribution is 5.79. The van der Waals surface area contributed by atoms with Crippen LogP contribution >= 0.6 is 0 Å². The van der Waals surface area contributed by atoms with Crippen LogP contribution in [0.1, 0.15) is 35.4 Å². The van der Waals surface area contributed by atoms with Gasteiger partial charge in [0.25, 0.3) is 0 Å². The molecule has 178 valence electrons. The van der Waals surface area contributed by atoms with Crippen LogP contribution in [0.25, 0.3) is 11.1 Å². The topological polar surface area (TPSA) is 67.6 Å². The van der Waals surface area contributed by atoms with Gasteiger partial charge < -0.3 is 10.0 Å². The zero-order valence-corrected chi connectivity index (χ0v) is 19.9. The van der Waals surface area contributed by atoms with Gasteiger partial charge in [-0.2, -0.15) is 5.26 Å². The van der Waals surface area contributed by atoms with Crippen molar-refractivity contribution in [2.24, 2.45) is 0 Å². The van der Waals surface area contributed by atoms with E-state index in [1.54, 1.807) is 0 Å². The standard InChI is InChI=1S/C30H31N3O2/c31-19-23-9-6-10-26(17-23)24-11-13-25(14-12-24)30-27-20-32(15-4-5-16-33(27)28(30)21-34)29(35)18-22-7-2-1-3-8-22/h1-3,6-14,17,27-28,30,34H,4-5,15-16,18,20-21H2/t27-,28-,30-/m1/s1. The van der Waals surface area contributed by atoms with Crippen LogP contribution in [-0.4, -0.2) is 59.1 Å². The summed E-state index contributed by atoms with van der Waals surface area (Å²) in [6, 6.07) is 28.6. The highest BCUT2D eigenvalue weighted by Gasteiger charge is 2.49. The maximum absolute atomic E-state index is 13.2. The molecule has 0 bridgehead atoms. The van der Waals surface area contributed by atoms with E-state index in [2.05, 4.69) is 35.2 Å². The van der Waals surface area contributed by atoms with E-state index in [0.29, 0.717) is 18.5 Å². The second kappa shape index (κ2) is 10.4. The molecule has 3 atom stereocenters. The minimum absolute atomic E-state index is 0.0805. The summed E-state index contributed by atoms with van der Waals surface area (Å²) in [5.41, 5.74) is 4.98. The Labute approximate surface area is 207 Å². The predicted molar refractivity (Wildman–Crippen MR) is 137 cm³/mol. The smallest absolute Gasteiger partial charge is 0.227 e. The Morgan fingerprint density at radius 3 is 2.46 bits per heavy atom. The number of hydrogen-bond acceptors (Lipinski definition) is 4. The largest absolute Gasteiger partial charge is 0.395 e. The molecule has 0 radical (unpaired) electrons. The zero-order valence-electron chi connectivity index (χ0n) is 19.9. The first-order chi connectivity index (χ1) is 17.2. The normalized spacial score (nSPS) is 22.3. The third kappa shape index (κ3) is 4.86. The minimum Gasteiger partial charge on any atom is -0.395 e. The summed E-state index contributed by atoms with van der Waals surface area (Å²) in [6.07, 6.45) is 2.45. The van der Waals surface area contributed by atoms with E-state index in [1.165, 1.54) is 5.56 Å². The lowest BCUT2D eigenvalue weighted by atomic mass is 9.74. The molecule has 35 heavy (non-hydrogen) atoms. The Bertz CT molecular complexity index is 1200. The van der Waals surface area contributed by atoms with Crippen LogP contribution in [0, 0.1) is 11.3 Å². The molecular weight excluding hydrogens is 434 g/mol. The molecule has 0 saturated carbocycles. The summed E-state index contributed by atoms with van der Waals surface area (Å²) in [4.78, 5) is 17.6. The Balaban J connectivity index is 1.35. The Morgan fingerprint density at radius 2 is 1.71 bits per heavy atom. The van der Waals surface area contributed by atoms with Gasteiger partial charge in [0.2, 0.25) is 5.91 Å². The van der Waals surface area contributed by atoms with Gasteiger partial charge in [-0.15, -0.1) is 0 Å². The Kier molecular flexibility index (Phi) is 6.94. The molecule has 2 aliphatic heterocycles. The molecule has 2 aliphatic rings. The van der Waals surface area contributed by atoms with Gasteiger partial charge in [0, 0.05) is 31.1 Å². The molecule has 3 aromatic carbocycles. The van der Waals surface area contributed by atoms with E-state index < -0.39 is 0 Å². The van der Waals surface area contributed by atoms with Crippen LogP contribution in [0.5, 0.6) is 0 Å². The molecule has 0 aliphatic carbocycles. The van der Waals surface area contributed by atoms with Gasteiger partial charge in [0.05, 0.1) is 24.7 Å². The van der Waals surface area contributed by atoms with Gasteiger partial charge in [0.1, 0.15) is 0 Å². The zero-order chi connectivity index (χ0) is 24.2. The van der Waals surface area contributed by atoms with Crippen molar-refractivity contribution in [3.8, 4) is 17.2 Å². The van der Waals surface area contributed by atoms with E-state index in [1.807, 2.05) is 59.5 Å². The van der Waals surface area contributed by atoms with Crippen molar-refractivity contribution in [2.45, 2.75) is 37.3 Å². The first-order valence-electron chi connectivity index (χ1n) is 12.5. The molecule has 0 spiro atoms. The minimum atomic E-state index is 0.0805. The van der Waals surface area contributed by atoms with Gasteiger partial charge >= 0.3 is 0 Å². The fraction of sp³-hybridized carbons (Fsp3) is 0.333. The maximum Gasteiger partial charge on any atom is 0.227 e. The first kappa shape index (κ1) is 23.3. The van der Waals surface area contributed by atoms with Crippen molar-refractivity contribution in [3.05, 3.63) is 95.6 Å². The highest BCUT2D eigenvalue weighted by Crippen LogP contribution is 2.42. The number of benzene rings is 3.